The predicted octanol–water partition coefficient (Wildman–Crippen LogP) is 1.60. The van der Waals surface area contributed by atoms with Gasteiger partial charge in [0, 0.05) is 17.6 Å². The summed E-state index contributed by atoms with van der Waals surface area (Å²) < 4.78 is 29.7. The van der Waals surface area contributed by atoms with Crippen LogP contribution < -0.4 is 0 Å². The number of aromatic amines is 1. The van der Waals surface area contributed by atoms with Crippen molar-refractivity contribution < 1.29 is 13.0 Å². The molecule has 2 rings (SSSR count). The van der Waals surface area contributed by atoms with E-state index < -0.39 is 10.1 Å². The fourth-order valence-corrected chi connectivity index (χ4v) is 1.98. The van der Waals surface area contributed by atoms with E-state index in [0.29, 0.717) is 6.42 Å². The maximum absolute atomic E-state index is 10.6. The van der Waals surface area contributed by atoms with Gasteiger partial charge in [-0.25, -0.2) is 0 Å². The van der Waals surface area contributed by atoms with E-state index in [9.17, 15) is 8.42 Å². The summed E-state index contributed by atoms with van der Waals surface area (Å²) in [5.74, 6) is -0.250. The first-order chi connectivity index (χ1) is 7.04. The van der Waals surface area contributed by atoms with Gasteiger partial charge in [-0.3, -0.25) is 4.55 Å². The van der Waals surface area contributed by atoms with Gasteiger partial charge in [0.05, 0.1) is 5.75 Å². The highest BCUT2D eigenvalue weighted by Gasteiger charge is 2.06. The number of fused-ring (bicyclic) bond motifs is 1. The molecule has 0 unspecified atom stereocenters. The van der Waals surface area contributed by atoms with Gasteiger partial charge in [0.2, 0.25) is 0 Å². The zero-order chi connectivity index (χ0) is 10.9. The Balaban J connectivity index is 2.23. The van der Waals surface area contributed by atoms with Crippen LogP contribution in [0.1, 0.15) is 5.69 Å². The van der Waals surface area contributed by atoms with Crippen molar-refractivity contribution in [3.05, 3.63) is 36.0 Å². The first-order valence-corrected chi connectivity index (χ1v) is 6.17. The van der Waals surface area contributed by atoms with Crippen LogP contribution >= 0.6 is 0 Å². The number of nitrogens with one attached hydrogen (secondary N) is 1. The van der Waals surface area contributed by atoms with Crippen LogP contribution in [0, 0.1) is 0 Å². The van der Waals surface area contributed by atoms with Crippen LogP contribution in [-0.4, -0.2) is 23.7 Å². The third kappa shape index (κ3) is 2.57. The molecule has 0 amide bonds. The Hall–Kier alpha value is -1.33. The van der Waals surface area contributed by atoms with Gasteiger partial charge < -0.3 is 4.98 Å². The second-order valence-electron chi connectivity index (χ2n) is 3.42. The van der Waals surface area contributed by atoms with E-state index in [1.807, 2.05) is 30.3 Å². The molecule has 1 aromatic carbocycles. The molecular formula is C10H11NO3S. The van der Waals surface area contributed by atoms with Gasteiger partial charge in [0.15, 0.2) is 0 Å². The lowest BCUT2D eigenvalue weighted by atomic mass is 10.2. The Bertz CT molecular complexity index is 538. The monoisotopic (exact) mass is 225 g/mol. The van der Waals surface area contributed by atoms with Gasteiger partial charge in [-0.05, 0) is 17.5 Å². The topological polar surface area (TPSA) is 70.2 Å². The average Bonchev–Trinajstić information content (AvgIpc) is 2.56. The van der Waals surface area contributed by atoms with E-state index >= 15 is 0 Å². The largest absolute Gasteiger partial charge is 0.358 e. The van der Waals surface area contributed by atoms with Gasteiger partial charge in [-0.15, -0.1) is 0 Å². The quantitative estimate of drug-likeness (QED) is 0.779. The van der Waals surface area contributed by atoms with Gasteiger partial charge in [0.25, 0.3) is 10.1 Å². The Kier molecular flexibility index (Phi) is 2.50. The van der Waals surface area contributed by atoms with Crippen LogP contribution in [0.2, 0.25) is 0 Å². The van der Waals surface area contributed by atoms with Crippen LogP contribution in [0.15, 0.2) is 30.3 Å². The van der Waals surface area contributed by atoms with Crippen molar-refractivity contribution in [2.75, 3.05) is 5.75 Å². The van der Waals surface area contributed by atoms with E-state index in [0.717, 1.165) is 16.6 Å². The van der Waals surface area contributed by atoms with Gasteiger partial charge in [0.1, 0.15) is 0 Å². The smallest absolute Gasteiger partial charge is 0.265 e. The van der Waals surface area contributed by atoms with Crippen LogP contribution in [0.25, 0.3) is 10.9 Å². The molecule has 2 aromatic rings. The van der Waals surface area contributed by atoms with Crippen LogP contribution in [-0.2, 0) is 16.5 Å². The van der Waals surface area contributed by atoms with Gasteiger partial charge in [-0.2, -0.15) is 8.42 Å². The zero-order valence-electron chi connectivity index (χ0n) is 7.97. The van der Waals surface area contributed by atoms with Crippen molar-refractivity contribution in [1.82, 2.24) is 4.98 Å². The molecule has 1 aromatic heterocycles. The van der Waals surface area contributed by atoms with Crippen molar-refractivity contribution >= 4 is 21.0 Å². The number of rotatable bonds is 3. The molecule has 0 aliphatic carbocycles. The van der Waals surface area contributed by atoms with E-state index in [2.05, 4.69) is 4.98 Å². The third-order valence-electron chi connectivity index (χ3n) is 2.22. The first-order valence-electron chi connectivity index (χ1n) is 4.56. The SMILES string of the molecule is O=S(=O)(O)CCc1cc2ccccc2[nH]1. The molecule has 0 aliphatic heterocycles. The highest BCUT2D eigenvalue weighted by molar-refractivity contribution is 7.85. The van der Waals surface area contributed by atoms with Crippen LogP contribution in [0.4, 0.5) is 0 Å². The van der Waals surface area contributed by atoms with Crippen molar-refractivity contribution in [3.63, 3.8) is 0 Å². The number of para-hydroxylation sites is 1. The standard InChI is InChI=1S/C10H11NO3S/c12-15(13,14)6-5-9-7-8-3-1-2-4-10(8)11-9/h1-4,7,11H,5-6H2,(H,12,13,14). The van der Waals surface area contributed by atoms with Crippen LogP contribution in [0.3, 0.4) is 0 Å². The minimum absolute atomic E-state index is 0.250. The van der Waals surface area contributed by atoms with Crippen molar-refractivity contribution in [3.8, 4) is 0 Å². The van der Waals surface area contributed by atoms with Crippen molar-refractivity contribution in [2.24, 2.45) is 0 Å². The zero-order valence-corrected chi connectivity index (χ0v) is 8.79. The molecule has 0 bridgehead atoms. The molecule has 0 fully saturated rings. The lowest BCUT2D eigenvalue weighted by Crippen LogP contribution is -2.06. The molecule has 15 heavy (non-hydrogen) atoms. The fourth-order valence-electron chi connectivity index (χ4n) is 1.51. The minimum atomic E-state index is -3.88. The molecule has 0 atom stereocenters. The third-order valence-corrected chi connectivity index (χ3v) is 2.94. The van der Waals surface area contributed by atoms with E-state index in [1.165, 1.54) is 0 Å². The van der Waals surface area contributed by atoms with Crippen molar-refractivity contribution in [2.45, 2.75) is 6.42 Å². The number of hydrogen-bond acceptors (Lipinski definition) is 2. The van der Waals surface area contributed by atoms with E-state index in [-0.39, 0.29) is 5.75 Å². The minimum Gasteiger partial charge on any atom is -0.358 e. The average molecular weight is 225 g/mol. The maximum Gasteiger partial charge on any atom is 0.265 e. The lowest BCUT2D eigenvalue weighted by molar-refractivity contribution is 0.482. The Morgan fingerprint density at radius 3 is 2.67 bits per heavy atom. The number of H-pyrrole nitrogens is 1. The number of aryl methyl sites for hydroxylation is 1. The molecule has 4 nitrogen and oxygen atoms in total. The molecule has 2 N–H and O–H groups in total. The highest BCUT2D eigenvalue weighted by atomic mass is 32.2. The summed E-state index contributed by atoms with van der Waals surface area (Å²) in [5.41, 5.74) is 1.79. The Morgan fingerprint density at radius 2 is 2.00 bits per heavy atom. The molecule has 0 spiro atoms. The fraction of sp³-hybridized carbons (Fsp3) is 0.200. The molecule has 80 valence electrons. The Morgan fingerprint density at radius 1 is 1.27 bits per heavy atom. The summed E-state index contributed by atoms with van der Waals surface area (Å²) in [4.78, 5) is 3.09. The molecular weight excluding hydrogens is 214 g/mol. The van der Waals surface area contributed by atoms with E-state index in [4.69, 9.17) is 4.55 Å². The molecule has 0 aliphatic rings. The number of aromatic nitrogens is 1. The van der Waals surface area contributed by atoms with Gasteiger partial charge in [-0.1, -0.05) is 18.2 Å². The van der Waals surface area contributed by atoms with Crippen molar-refractivity contribution in [1.29, 1.82) is 0 Å². The lowest BCUT2D eigenvalue weighted by Gasteiger charge is -1.94. The second-order valence-corrected chi connectivity index (χ2v) is 4.99. The summed E-state index contributed by atoms with van der Waals surface area (Å²) in [6.45, 7) is 0. The van der Waals surface area contributed by atoms with Gasteiger partial charge >= 0.3 is 0 Å². The normalized spacial score (nSPS) is 12.1. The summed E-state index contributed by atoms with van der Waals surface area (Å²) in [7, 11) is -3.88. The molecule has 1 heterocycles. The molecule has 0 radical (unpaired) electrons. The molecule has 0 saturated carbocycles. The first kappa shape index (κ1) is 10.2. The molecule has 5 heteroatoms. The summed E-state index contributed by atoms with van der Waals surface area (Å²) in [5, 5.41) is 1.04. The summed E-state index contributed by atoms with van der Waals surface area (Å²) >= 11 is 0. The Labute approximate surface area is 87.7 Å². The number of benzene rings is 1. The second kappa shape index (κ2) is 3.67. The molecule has 0 saturated heterocycles. The summed E-state index contributed by atoms with van der Waals surface area (Å²) in [6.07, 6.45) is 0.299. The number of hydrogen-bond donors (Lipinski definition) is 2. The van der Waals surface area contributed by atoms with Crippen LogP contribution in [0.5, 0.6) is 0 Å². The predicted molar refractivity (Wildman–Crippen MR) is 58.4 cm³/mol. The van der Waals surface area contributed by atoms with E-state index in [1.54, 1.807) is 0 Å². The summed E-state index contributed by atoms with van der Waals surface area (Å²) in [6, 6.07) is 9.59. The maximum atomic E-state index is 10.6. The highest BCUT2D eigenvalue weighted by Crippen LogP contribution is 2.15.